The number of aromatic nitrogens is 1. The van der Waals surface area contributed by atoms with Gasteiger partial charge in [0.2, 0.25) is 10.4 Å². The van der Waals surface area contributed by atoms with Crippen LogP contribution in [0.4, 0.5) is 5.69 Å². The molecule has 0 aliphatic carbocycles. The minimum atomic E-state index is -4.92. The Morgan fingerprint density at radius 3 is 2.14 bits per heavy atom. The standard InChI is InChI=1S/C15H27N2.H2O4S/c1-5-7-8-14(6-2)13-17-11-9-15(10-12-17)16(3)4;1-5(2,3)4/h9-12,14H,5-8,13H2,1-4H3;(H2,1,2,3,4)/q+1;/p-1. The van der Waals surface area contributed by atoms with Gasteiger partial charge in [0.05, 0.1) is 0 Å². The maximum Gasteiger partial charge on any atom is 0.215 e. The molecule has 1 atom stereocenters. The summed E-state index contributed by atoms with van der Waals surface area (Å²) in [5.41, 5.74) is 1.27. The normalized spacial score (nSPS) is 12.3. The molecule has 0 radical (unpaired) electrons. The van der Waals surface area contributed by atoms with E-state index in [1.165, 1.54) is 31.4 Å². The molecule has 0 amide bonds. The molecule has 0 spiro atoms. The first-order valence-corrected chi connectivity index (χ1v) is 8.88. The fourth-order valence-electron chi connectivity index (χ4n) is 2.08. The number of hydrogen-bond acceptors (Lipinski definition) is 4. The summed E-state index contributed by atoms with van der Waals surface area (Å²) in [5.74, 6) is 0.824. The van der Waals surface area contributed by atoms with Crippen LogP contribution in [0.1, 0.15) is 39.5 Å². The third kappa shape index (κ3) is 11.5. The van der Waals surface area contributed by atoms with E-state index in [1.807, 2.05) is 0 Å². The Balaban J connectivity index is 0.000000763. The van der Waals surface area contributed by atoms with Crippen LogP contribution in [0.25, 0.3) is 0 Å². The maximum atomic E-state index is 8.63. The van der Waals surface area contributed by atoms with Crippen molar-refractivity contribution in [3.8, 4) is 0 Å². The highest BCUT2D eigenvalue weighted by Crippen LogP contribution is 2.13. The SMILES string of the molecule is CCCCC(CC)C[n+]1ccc(N(C)C)cc1.O=S(=O)([O-])O. The Bertz CT molecular complexity index is 493. The Labute approximate surface area is 134 Å². The van der Waals surface area contributed by atoms with Crippen LogP contribution in [0.2, 0.25) is 0 Å². The van der Waals surface area contributed by atoms with Gasteiger partial charge in [0, 0.05) is 37.8 Å². The van der Waals surface area contributed by atoms with Crippen LogP contribution in [0.5, 0.6) is 0 Å². The van der Waals surface area contributed by atoms with Crippen LogP contribution in [-0.2, 0) is 16.9 Å². The van der Waals surface area contributed by atoms with Crippen molar-refractivity contribution >= 4 is 16.1 Å². The summed E-state index contributed by atoms with van der Waals surface area (Å²) in [6.07, 6.45) is 9.70. The number of rotatable bonds is 7. The molecule has 1 rings (SSSR count). The maximum absolute atomic E-state index is 8.63. The molecule has 0 saturated heterocycles. The van der Waals surface area contributed by atoms with Crippen LogP contribution in [0.3, 0.4) is 0 Å². The van der Waals surface area contributed by atoms with E-state index in [4.69, 9.17) is 17.5 Å². The van der Waals surface area contributed by atoms with Crippen molar-refractivity contribution in [3.05, 3.63) is 24.5 Å². The van der Waals surface area contributed by atoms with Gasteiger partial charge in [-0.3, -0.25) is 4.55 Å². The van der Waals surface area contributed by atoms with Gasteiger partial charge in [0.15, 0.2) is 18.9 Å². The number of nitrogens with zero attached hydrogens (tertiary/aromatic N) is 2. The molecule has 6 nitrogen and oxygen atoms in total. The first-order chi connectivity index (χ1) is 10.2. The van der Waals surface area contributed by atoms with Gasteiger partial charge < -0.3 is 9.45 Å². The summed E-state index contributed by atoms with van der Waals surface area (Å²) in [5, 5.41) is 0. The molecule has 128 valence electrons. The zero-order valence-electron chi connectivity index (χ0n) is 13.9. The lowest BCUT2D eigenvalue weighted by molar-refractivity contribution is -0.703. The monoisotopic (exact) mass is 332 g/mol. The third-order valence-electron chi connectivity index (χ3n) is 3.40. The molecule has 0 bridgehead atoms. The first kappa shape index (κ1) is 20.8. The van der Waals surface area contributed by atoms with E-state index in [1.54, 1.807) is 0 Å². The Hall–Kier alpha value is -1.18. The predicted octanol–water partition coefficient (Wildman–Crippen LogP) is 2.26. The van der Waals surface area contributed by atoms with Gasteiger partial charge >= 0.3 is 0 Å². The fourth-order valence-corrected chi connectivity index (χ4v) is 2.08. The lowest BCUT2D eigenvalue weighted by Crippen LogP contribution is -2.36. The molecule has 7 heteroatoms. The highest BCUT2D eigenvalue weighted by Gasteiger charge is 2.11. The molecular weight excluding hydrogens is 304 g/mol. The highest BCUT2D eigenvalue weighted by atomic mass is 32.3. The summed E-state index contributed by atoms with van der Waals surface area (Å²) in [6.45, 7) is 5.73. The lowest BCUT2D eigenvalue weighted by atomic mass is 9.99. The second kappa shape index (κ2) is 10.5. The number of pyridine rings is 1. The zero-order chi connectivity index (χ0) is 17.2. The lowest BCUT2D eigenvalue weighted by Gasteiger charge is -2.13. The van der Waals surface area contributed by atoms with Crippen molar-refractivity contribution in [2.45, 2.75) is 46.1 Å². The zero-order valence-corrected chi connectivity index (χ0v) is 14.7. The summed E-state index contributed by atoms with van der Waals surface area (Å²) in [6, 6.07) is 4.37. The predicted molar refractivity (Wildman–Crippen MR) is 86.6 cm³/mol. The van der Waals surface area contributed by atoms with Crippen molar-refractivity contribution in [2.24, 2.45) is 5.92 Å². The van der Waals surface area contributed by atoms with Crippen LogP contribution in [0, 0.1) is 5.92 Å². The second-order valence-corrected chi connectivity index (χ2v) is 6.35. The van der Waals surface area contributed by atoms with Gasteiger partial charge in [-0.15, -0.1) is 0 Å². The van der Waals surface area contributed by atoms with Crippen LogP contribution < -0.4 is 9.47 Å². The van der Waals surface area contributed by atoms with E-state index in [9.17, 15) is 0 Å². The van der Waals surface area contributed by atoms with Crippen molar-refractivity contribution in [3.63, 3.8) is 0 Å². The number of hydrogen-bond donors (Lipinski definition) is 1. The Kier molecular flexibility index (Phi) is 9.97. The molecule has 0 saturated carbocycles. The molecule has 1 aromatic rings. The average Bonchev–Trinajstić information content (AvgIpc) is 2.42. The quantitative estimate of drug-likeness (QED) is 0.470. The first-order valence-electron chi connectivity index (χ1n) is 7.52. The summed E-state index contributed by atoms with van der Waals surface area (Å²) >= 11 is 0. The van der Waals surface area contributed by atoms with Gasteiger partial charge in [0.1, 0.15) is 0 Å². The smallest absolute Gasteiger partial charge is 0.215 e. The van der Waals surface area contributed by atoms with E-state index in [-0.39, 0.29) is 0 Å². The molecule has 1 N–H and O–H groups in total. The Morgan fingerprint density at radius 2 is 1.77 bits per heavy atom. The molecule has 1 aromatic heterocycles. The minimum Gasteiger partial charge on any atom is -0.726 e. The molecule has 0 fully saturated rings. The summed E-state index contributed by atoms with van der Waals surface area (Å²) in [4.78, 5) is 2.14. The highest BCUT2D eigenvalue weighted by molar-refractivity contribution is 7.79. The molecule has 1 unspecified atom stereocenters. The van der Waals surface area contributed by atoms with Crippen molar-refractivity contribution in [2.75, 3.05) is 19.0 Å². The van der Waals surface area contributed by atoms with Crippen LogP contribution in [0.15, 0.2) is 24.5 Å². The van der Waals surface area contributed by atoms with Gasteiger partial charge in [0.25, 0.3) is 0 Å². The van der Waals surface area contributed by atoms with Gasteiger partial charge in [-0.2, -0.15) is 0 Å². The number of unbranched alkanes of at least 4 members (excludes halogenated alkanes) is 1. The largest absolute Gasteiger partial charge is 0.726 e. The molecule has 1 heterocycles. The van der Waals surface area contributed by atoms with E-state index in [2.05, 4.69) is 61.9 Å². The minimum absolute atomic E-state index is 0.824. The molecule has 0 aliphatic heterocycles. The second-order valence-electron chi connectivity index (χ2n) is 5.49. The fraction of sp³-hybridized carbons (Fsp3) is 0.667. The topological polar surface area (TPSA) is 84.6 Å². The molecule has 0 aliphatic rings. The molecule has 22 heavy (non-hydrogen) atoms. The van der Waals surface area contributed by atoms with Crippen molar-refractivity contribution in [1.29, 1.82) is 0 Å². The molecular formula is C15H28N2O4S. The molecule has 0 aromatic carbocycles. The van der Waals surface area contributed by atoms with Gasteiger partial charge in [-0.25, -0.2) is 13.0 Å². The Morgan fingerprint density at radius 1 is 1.27 bits per heavy atom. The van der Waals surface area contributed by atoms with Crippen LogP contribution >= 0.6 is 0 Å². The van der Waals surface area contributed by atoms with Crippen LogP contribution in [-0.4, -0.2) is 31.6 Å². The van der Waals surface area contributed by atoms with Crippen molar-refractivity contribution < 1.29 is 22.1 Å². The van der Waals surface area contributed by atoms with Crippen molar-refractivity contribution in [1.82, 2.24) is 0 Å². The average molecular weight is 332 g/mol. The van der Waals surface area contributed by atoms with Gasteiger partial charge in [-0.1, -0.05) is 26.7 Å². The third-order valence-corrected chi connectivity index (χ3v) is 3.40. The van der Waals surface area contributed by atoms with E-state index in [0.29, 0.717) is 0 Å². The van der Waals surface area contributed by atoms with Gasteiger partial charge in [-0.05, 0) is 12.8 Å². The van der Waals surface area contributed by atoms with E-state index >= 15 is 0 Å². The van der Waals surface area contributed by atoms with E-state index in [0.717, 1.165) is 12.5 Å². The summed E-state index contributed by atoms with van der Waals surface area (Å²) in [7, 11) is -0.758. The number of anilines is 1. The summed E-state index contributed by atoms with van der Waals surface area (Å²) < 4.78 is 35.1. The van der Waals surface area contributed by atoms with E-state index < -0.39 is 10.4 Å².